The molecule has 1 amide bonds. The van der Waals surface area contributed by atoms with Crippen LogP contribution in [0.3, 0.4) is 0 Å². The zero-order chi connectivity index (χ0) is 17.8. The van der Waals surface area contributed by atoms with E-state index in [1.807, 2.05) is 18.2 Å². The Hall–Kier alpha value is -2.86. The predicted molar refractivity (Wildman–Crippen MR) is 96.5 cm³/mol. The third-order valence-electron chi connectivity index (χ3n) is 4.73. The summed E-state index contributed by atoms with van der Waals surface area (Å²) < 4.78 is 10.5. The van der Waals surface area contributed by atoms with E-state index in [0.717, 1.165) is 13.1 Å². The first-order chi connectivity index (χ1) is 12.8. The van der Waals surface area contributed by atoms with Crippen molar-refractivity contribution < 1.29 is 13.7 Å². The van der Waals surface area contributed by atoms with Gasteiger partial charge in [0.1, 0.15) is 0 Å². The summed E-state index contributed by atoms with van der Waals surface area (Å²) in [7, 11) is 0. The van der Waals surface area contributed by atoms with Crippen molar-refractivity contribution in [1.82, 2.24) is 15.4 Å². The number of hydrogen-bond donors (Lipinski definition) is 1. The van der Waals surface area contributed by atoms with Crippen LogP contribution in [0, 0.1) is 0 Å². The lowest BCUT2D eigenvalue weighted by molar-refractivity contribution is 0.0929. The molecule has 1 fully saturated rings. The van der Waals surface area contributed by atoms with Crippen molar-refractivity contribution >= 4 is 5.91 Å². The molecular formula is C20H21N3O3. The summed E-state index contributed by atoms with van der Waals surface area (Å²) >= 11 is 0. The lowest BCUT2D eigenvalue weighted by Gasteiger charge is -2.28. The monoisotopic (exact) mass is 351 g/mol. The summed E-state index contributed by atoms with van der Waals surface area (Å²) in [5.41, 5.74) is 1.47. The Morgan fingerprint density at radius 3 is 2.65 bits per heavy atom. The van der Waals surface area contributed by atoms with Gasteiger partial charge in [-0.1, -0.05) is 35.5 Å². The highest BCUT2D eigenvalue weighted by atomic mass is 16.5. The lowest BCUT2D eigenvalue weighted by Crippen LogP contribution is -2.36. The number of nitrogens with one attached hydrogen (secondary N) is 1. The quantitative estimate of drug-likeness (QED) is 0.736. The molecule has 1 atom stereocenters. The molecule has 0 spiro atoms. The van der Waals surface area contributed by atoms with E-state index in [4.69, 9.17) is 8.94 Å². The van der Waals surface area contributed by atoms with E-state index in [-0.39, 0.29) is 17.6 Å². The minimum atomic E-state index is -0.244. The first-order valence-electron chi connectivity index (χ1n) is 8.89. The molecule has 4 rings (SSSR count). The van der Waals surface area contributed by atoms with Crippen LogP contribution in [0.5, 0.6) is 0 Å². The smallest absolute Gasteiger partial charge is 0.273 e. The number of hydrogen-bond acceptors (Lipinski definition) is 5. The molecule has 1 unspecified atom stereocenters. The number of carbonyl (C=O) groups is 1. The number of nitrogens with zero attached hydrogens (tertiary/aromatic N) is 2. The Kier molecular flexibility index (Phi) is 4.84. The molecule has 1 aliphatic heterocycles. The number of likely N-dealkylation sites (tertiary alicyclic amines) is 1. The largest absolute Gasteiger partial charge is 0.461 e. The molecule has 0 radical (unpaired) electrons. The first-order valence-corrected chi connectivity index (χ1v) is 8.89. The van der Waals surface area contributed by atoms with Crippen molar-refractivity contribution in [2.24, 2.45) is 0 Å². The molecule has 3 heterocycles. The van der Waals surface area contributed by atoms with Gasteiger partial charge in [0.15, 0.2) is 11.5 Å². The first kappa shape index (κ1) is 16.6. The van der Waals surface area contributed by atoms with Crippen LogP contribution >= 0.6 is 0 Å². The zero-order valence-electron chi connectivity index (χ0n) is 14.4. The normalized spacial score (nSPS) is 15.8. The summed E-state index contributed by atoms with van der Waals surface area (Å²) in [6.45, 7) is 2.65. The fourth-order valence-electron chi connectivity index (χ4n) is 3.38. The highest BCUT2D eigenvalue weighted by molar-refractivity contribution is 5.92. The third kappa shape index (κ3) is 3.55. The minimum absolute atomic E-state index is 0.166. The van der Waals surface area contributed by atoms with Gasteiger partial charge in [-0.3, -0.25) is 9.69 Å². The van der Waals surface area contributed by atoms with Crippen LogP contribution in [0.1, 0.15) is 34.9 Å². The fraction of sp³-hybridized carbons (Fsp3) is 0.300. The fourth-order valence-corrected chi connectivity index (χ4v) is 3.38. The van der Waals surface area contributed by atoms with E-state index in [9.17, 15) is 4.79 Å². The Morgan fingerprint density at radius 2 is 1.92 bits per heavy atom. The van der Waals surface area contributed by atoms with Crippen molar-refractivity contribution in [2.45, 2.75) is 18.9 Å². The van der Waals surface area contributed by atoms with Crippen LogP contribution in [0.2, 0.25) is 0 Å². The van der Waals surface area contributed by atoms with E-state index in [1.54, 1.807) is 24.5 Å². The maximum Gasteiger partial charge on any atom is 0.273 e. The molecule has 26 heavy (non-hydrogen) atoms. The van der Waals surface area contributed by atoms with Crippen molar-refractivity contribution in [2.75, 3.05) is 19.6 Å². The average Bonchev–Trinajstić information content (AvgIpc) is 3.43. The van der Waals surface area contributed by atoms with E-state index in [1.165, 1.54) is 18.4 Å². The van der Waals surface area contributed by atoms with Gasteiger partial charge in [0.05, 0.1) is 12.3 Å². The van der Waals surface area contributed by atoms with Gasteiger partial charge in [-0.05, 0) is 43.6 Å². The van der Waals surface area contributed by atoms with E-state index in [0.29, 0.717) is 18.1 Å². The van der Waals surface area contributed by atoms with Gasteiger partial charge in [-0.25, -0.2) is 0 Å². The van der Waals surface area contributed by atoms with Crippen LogP contribution in [0.15, 0.2) is 63.7 Å². The summed E-state index contributed by atoms with van der Waals surface area (Å²) in [4.78, 5) is 14.9. The van der Waals surface area contributed by atoms with Gasteiger partial charge in [-0.2, -0.15) is 0 Å². The molecule has 0 bridgehead atoms. The van der Waals surface area contributed by atoms with Crippen LogP contribution in [0.4, 0.5) is 0 Å². The summed E-state index contributed by atoms with van der Waals surface area (Å²) in [6.07, 6.45) is 3.96. The van der Waals surface area contributed by atoms with E-state index in [2.05, 4.69) is 27.5 Å². The molecule has 1 aromatic carbocycles. The molecule has 0 saturated carbocycles. The molecular weight excluding hydrogens is 330 g/mol. The van der Waals surface area contributed by atoms with Crippen molar-refractivity contribution in [3.05, 3.63) is 66.1 Å². The average molecular weight is 351 g/mol. The molecule has 134 valence electrons. The Labute approximate surface area is 151 Å². The van der Waals surface area contributed by atoms with Crippen LogP contribution in [0.25, 0.3) is 11.5 Å². The number of benzene rings is 1. The van der Waals surface area contributed by atoms with E-state index < -0.39 is 0 Å². The summed E-state index contributed by atoms with van der Waals surface area (Å²) in [5, 5.41) is 6.86. The standard InChI is InChI=1S/C20H21N3O3/c24-20(16-13-19(26-22-16)18-9-6-12-25-18)21-14-17(23-10-4-5-11-23)15-7-2-1-3-8-15/h1-3,6-9,12-13,17H,4-5,10-11,14H2,(H,21,24). The molecule has 1 aliphatic rings. The second-order valence-electron chi connectivity index (χ2n) is 6.43. The second-order valence-corrected chi connectivity index (χ2v) is 6.43. The molecule has 0 aliphatic carbocycles. The molecule has 2 aromatic heterocycles. The highest BCUT2D eigenvalue weighted by Gasteiger charge is 2.24. The predicted octanol–water partition coefficient (Wildman–Crippen LogP) is 3.50. The molecule has 1 saturated heterocycles. The third-order valence-corrected chi connectivity index (χ3v) is 4.73. The lowest BCUT2D eigenvalue weighted by atomic mass is 10.1. The van der Waals surface area contributed by atoms with Crippen LogP contribution in [-0.4, -0.2) is 35.6 Å². The van der Waals surface area contributed by atoms with Crippen molar-refractivity contribution in [1.29, 1.82) is 0 Å². The molecule has 6 heteroatoms. The number of rotatable bonds is 6. The second kappa shape index (κ2) is 7.58. The summed E-state index contributed by atoms with van der Waals surface area (Å²) in [5.74, 6) is 0.752. The van der Waals surface area contributed by atoms with Gasteiger partial charge in [0.25, 0.3) is 5.91 Å². The topological polar surface area (TPSA) is 71.5 Å². The van der Waals surface area contributed by atoms with E-state index >= 15 is 0 Å². The number of aromatic nitrogens is 1. The number of furan rings is 1. The van der Waals surface area contributed by atoms with Gasteiger partial charge < -0.3 is 14.3 Å². The number of amides is 1. The Balaban J connectivity index is 1.44. The SMILES string of the molecule is O=C(NCC(c1ccccc1)N1CCCC1)c1cc(-c2ccco2)on1. The van der Waals surface area contributed by atoms with Gasteiger partial charge in [-0.15, -0.1) is 0 Å². The van der Waals surface area contributed by atoms with Crippen LogP contribution < -0.4 is 5.32 Å². The van der Waals surface area contributed by atoms with Crippen molar-refractivity contribution in [3.63, 3.8) is 0 Å². The maximum absolute atomic E-state index is 12.5. The highest BCUT2D eigenvalue weighted by Crippen LogP contribution is 2.25. The van der Waals surface area contributed by atoms with Gasteiger partial charge in [0.2, 0.25) is 5.76 Å². The molecule has 1 N–H and O–H groups in total. The van der Waals surface area contributed by atoms with Gasteiger partial charge >= 0.3 is 0 Å². The molecule has 6 nitrogen and oxygen atoms in total. The van der Waals surface area contributed by atoms with Gasteiger partial charge in [0, 0.05) is 12.6 Å². The minimum Gasteiger partial charge on any atom is -0.461 e. The summed E-state index contributed by atoms with van der Waals surface area (Å²) in [6, 6.07) is 15.6. The van der Waals surface area contributed by atoms with Crippen molar-refractivity contribution in [3.8, 4) is 11.5 Å². The Morgan fingerprint density at radius 1 is 1.12 bits per heavy atom. The Bertz CT molecular complexity index is 836. The molecule has 3 aromatic rings. The van der Waals surface area contributed by atoms with Crippen LogP contribution in [-0.2, 0) is 0 Å². The zero-order valence-corrected chi connectivity index (χ0v) is 14.4. The number of carbonyl (C=O) groups excluding carboxylic acids is 1. The maximum atomic E-state index is 12.5.